The summed E-state index contributed by atoms with van der Waals surface area (Å²) in [5.74, 6) is -0.419. The lowest BCUT2D eigenvalue weighted by atomic mass is 10.1. The fraction of sp³-hybridized carbons (Fsp3) is 0.700. The lowest BCUT2D eigenvalue weighted by molar-refractivity contribution is -0.138. The molecular weight excluding hydrogens is 258 g/mol. The van der Waals surface area contributed by atoms with Gasteiger partial charge >= 0.3 is 5.97 Å². The molecule has 0 aromatic rings. The van der Waals surface area contributed by atoms with Crippen molar-refractivity contribution in [2.75, 3.05) is 6.61 Å². The van der Waals surface area contributed by atoms with Crippen LogP contribution in [0.3, 0.4) is 0 Å². The summed E-state index contributed by atoms with van der Waals surface area (Å²) in [5.41, 5.74) is 0.918. The topological polar surface area (TPSA) is 26.3 Å². The molecule has 0 bridgehead atoms. The van der Waals surface area contributed by atoms with E-state index >= 15 is 0 Å². The molecule has 0 saturated carbocycles. The average Bonchev–Trinajstić information content (AvgIpc) is 2.15. The van der Waals surface area contributed by atoms with Gasteiger partial charge in [0.1, 0.15) is 0 Å². The van der Waals surface area contributed by atoms with Crippen molar-refractivity contribution in [3.63, 3.8) is 0 Å². The second-order valence-corrected chi connectivity index (χ2v) is 5.25. The van der Waals surface area contributed by atoms with Crippen LogP contribution in [-0.4, -0.2) is 22.3 Å². The van der Waals surface area contributed by atoms with Crippen molar-refractivity contribution in [2.45, 2.75) is 37.4 Å². The summed E-state index contributed by atoms with van der Waals surface area (Å²) >= 11 is 17.9. The minimum Gasteiger partial charge on any atom is -0.463 e. The first-order valence-electron chi connectivity index (χ1n) is 4.62. The van der Waals surface area contributed by atoms with E-state index in [0.29, 0.717) is 17.8 Å². The first kappa shape index (κ1) is 15.1. The van der Waals surface area contributed by atoms with Gasteiger partial charge in [0.05, 0.1) is 12.0 Å². The summed E-state index contributed by atoms with van der Waals surface area (Å²) in [4.78, 5) is 11.4. The summed E-state index contributed by atoms with van der Waals surface area (Å²) < 4.78 is 3.59. The Hall–Kier alpha value is 0.0800. The van der Waals surface area contributed by atoms with Crippen molar-refractivity contribution >= 4 is 40.8 Å². The second kappa shape index (κ2) is 5.97. The molecule has 0 N–H and O–H groups in total. The zero-order valence-corrected chi connectivity index (χ0v) is 11.5. The highest BCUT2D eigenvalue weighted by Gasteiger charge is 2.34. The Balaban J connectivity index is 5.01. The first-order chi connectivity index (χ1) is 6.75. The number of hydrogen-bond acceptors (Lipinski definition) is 2. The van der Waals surface area contributed by atoms with Gasteiger partial charge in [0.15, 0.2) is 4.33 Å². The molecule has 0 aromatic carbocycles. The van der Waals surface area contributed by atoms with Crippen molar-refractivity contribution < 1.29 is 9.53 Å². The summed E-state index contributed by atoms with van der Waals surface area (Å²) in [6.07, 6.45) is 0. The predicted octanol–water partition coefficient (Wildman–Crippen LogP) is 3.69. The van der Waals surface area contributed by atoms with Gasteiger partial charge in [-0.1, -0.05) is 23.2 Å². The molecule has 0 spiro atoms. The number of alkyl halides is 3. The summed E-state index contributed by atoms with van der Waals surface area (Å²) in [5, 5.41) is -0.495. The van der Waals surface area contributed by atoms with Gasteiger partial charge in [0, 0.05) is 5.57 Å². The third-order valence-corrected chi connectivity index (χ3v) is 3.92. The average molecular weight is 274 g/mol. The molecule has 88 valence electrons. The quantitative estimate of drug-likeness (QED) is 0.444. The lowest BCUT2D eigenvalue weighted by Crippen LogP contribution is -2.27. The van der Waals surface area contributed by atoms with Gasteiger partial charge < -0.3 is 4.74 Å². The Bertz CT molecular complexity index is 270. The second-order valence-electron chi connectivity index (χ2n) is 3.21. The highest BCUT2D eigenvalue weighted by atomic mass is 35.5. The summed E-state index contributed by atoms with van der Waals surface area (Å²) in [7, 11) is 0. The molecule has 0 saturated heterocycles. The molecule has 0 aromatic heterocycles. The standard InChI is InChI=1S/C10H15Cl3O2/c1-5-15-9(14)6(2)7(3)10(12,13)8(4)11/h8H,5H2,1-4H3/b7-6+. The van der Waals surface area contributed by atoms with E-state index in [-0.39, 0.29) is 0 Å². The minimum atomic E-state index is -1.25. The fourth-order valence-electron chi connectivity index (χ4n) is 0.941. The maximum atomic E-state index is 11.4. The maximum Gasteiger partial charge on any atom is 0.333 e. The van der Waals surface area contributed by atoms with Gasteiger partial charge in [-0.05, 0) is 33.3 Å². The normalized spacial score (nSPS) is 15.7. The Morgan fingerprint density at radius 2 is 1.87 bits per heavy atom. The number of esters is 1. The van der Waals surface area contributed by atoms with Gasteiger partial charge in [0.25, 0.3) is 0 Å². The molecule has 0 aliphatic heterocycles. The van der Waals surface area contributed by atoms with Crippen LogP contribution in [0.4, 0.5) is 0 Å². The highest BCUT2D eigenvalue weighted by molar-refractivity contribution is 6.54. The van der Waals surface area contributed by atoms with E-state index in [1.807, 2.05) is 0 Å². The van der Waals surface area contributed by atoms with Crippen molar-refractivity contribution in [1.29, 1.82) is 0 Å². The Morgan fingerprint density at radius 1 is 1.40 bits per heavy atom. The lowest BCUT2D eigenvalue weighted by Gasteiger charge is -2.24. The van der Waals surface area contributed by atoms with Crippen molar-refractivity contribution in [3.05, 3.63) is 11.1 Å². The molecule has 0 rings (SSSR count). The molecule has 2 nitrogen and oxygen atoms in total. The van der Waals surface area contributed by atoms with Crippen molar-refractivity contribution in [3.8, 4) is 0 Å². The van der Waals surface area contributed by atoms with Crippen LogP contribution < -0.4 is 0 Å². The van der Waals surface area contributed by atoms with Gasteiger partial charge in [0.2, 0.25) is 0 Å². The van der Waals surface area contributed by atoms with E-state index in [0.717, 1.165) is 0 Å². The van der Waals surface area contributed by atoms with Crippen LogP contribution in [0.25, 0.3) is 0 Å². The van der Waals surface area contributed by atoms with Gasteiger partial charge in [-0.15, -0.1) is 11.6 Å². The third-order valence-electron chi connectivity index (χ3n) is 2.14. The highest BCUT2D eigenvalue weighted by Crippen LogP contribution is 2.38. The smallest absolute Gasteiger partial charge is 0.333 e. The van der Waals surface area contributed by atoms with Gasteiger partial charge in [-0.3, -0.25) is 0 Å². The van der Waals surface area contributed by atoms with Gasteiger partial charge in [-0.2, -0.15) is 0 Å². The molecule has 1 atom stereocenters. The van der Waals surface area contributed by atoms with Crippen LogP contribution in [0.5, 0.6) is 0 Å². The maximum absolute atomic E-state index is 11.4. The molecule has 0 aliphatic carbocycles. The number of allylic oxidation sites excluding steroid dienone is 1. The van der Waals surface area contributed by atoms with Crippen LogP contribution in [-0.2, 0) is 9.53 Å². The molecule has 0 aliphatic rings. The van der Waals surface area contributed by atoms with E-state index in [2.05, 4.69) is 0 Å². The zero-order valence-electron chi connectivity index (χ0n) is 9.23. The summed E-state index contributed by atoms with van der Waals surface area (Å²) in [6.45, 7) is 7.01. The minimum absolute atomic E-state index is 0.317. The largest absolute Gasteiger partial charge is 0.463 e. The van der Waals surface area contributed by atoms with Crippen LogP contribution >= 0.6 is 34.8 Å². The molecular formula is C10H15Cl3O2. The van der Waals surface area contributed by atoms with Crippen LogP contribution in [0, 0.1) is 0 Å². The SMILES string of the molecule is CCOC(=O)/C(C)=C(\C)C(Cl)(Cl)C(C)Cl. The molecule has 0 radical (unpaired) electrons. The Labute approximate surface area is 106 Å². The van der Waals surface area contributed by atoms with Gasteiger partial charge in [-0.25, -0.2) is 4.79 Å². The van der Waals surface area contributed by atoms with E-state index in [1.54, 1.807) is 27.7 Å². The number of halogens is 3. The van der Waals surface area contributed by atoms with E-state index < -0.39 is 15.7 Å². The molecule has 15 heavy (non-hydrogen) atoms. The molecule has 0 fully saturated rings. The number of carbonyl (C=O) groups excluding carboxylic acids is 1. The monoisotopic (exact) mass is 272 g/mol. The van der Waals surface area contributed by atoms with Crippen LogP contribution in [0.15, 0.2) is 11.1 Å². The molecule has 5 heteroatoms. The molecule has 0 heterocycles. The van der Waals surface area contributed by atoms with Crippen LogP contribution in [0.2, 0.25) is 0 Å². The third kappa shape index (κ3) is 3.86. The zero-order chi connectivity index (χ0) is 12.2. The Kier molecular flexibility index (Phi) is 6.01. The van der Waals surface area contributed by atoms with E-state index in [4.69, 9.17) is 39.5 Å². The number of ether oxygens (including phenoxy) is 1. The molecule has 1 unspecified atom stereocenters. The number of hydrogen-bond donors (Lipinski definition) is 0. The predicted molar refractivity (Wildman–Crippen MR) is 64.8 cm³/mol. The van der Waals surface area contributed by atoms with Crippen molar-refractivity contribution in [2.24, 2.45) is 0 Å². The molecule has 0 amide bonds. The fourth-order valence-corrected chi connectivity index (χ4v) is 1.39. The number of rotatable bonds is 4. The Morgan fingerprint density at radius 3 is 2.20 bits per heavy atom. The van der Waals surface area contributed by atoms with E-state index in [1.165, 1.54) is 0 Å². The van der Waals surface area contributed by atoms with Crippen LogP contribution in [0.1, 0.15) is 27.7 Å². The first-order valence-corrected chi connectivity index (χ1v) is 5.81. The van der Waals surface area contributed by atoms with E-state index in [9.17, 15) is 4.79 Å². The summed E-state index contributed by atoms with van der Waals surface area (Å²) in [6, 6.07) is 0. The number of carbonyl (C=O) groups is 1. The van der Waals surface area contributed by atoms with Crippen molar-refractivity contribution in [1.82, 2.24) is 0 Å².